The van der Waals surface area contributed by atoms with E-state index >= 15 is 0 Å². The highest BCUT2D eigenvalue weighted by molar-refractivity contribution is 5.71. The molecule has 0 aromatic carbocycles. The van der Waals surface area contributed by atoms with E-state index in [1.54, 1.807) is 0 Å². The van der Waals surface area contributed by atoms with Crippen LogP contribution in [0.25, 0.3) is 0 Å². The van der Waals surface area contributed by atoms with E-state index in [4.69, 9.17) is 4.74 Å². The monoisotopic (exact) mass is 412 g/mol. The first-order valence-corrected chi connectivity index (χ1v) is 10.9. The van der Waals surface area contributed by atoms with Gasteiger partial charge in [-0.15, -0.1) is 0 Å². The van der Waals surface area contributed by atoms with Crippen molar-refractivity contribution >= 4 is 11.9 Å². The Kier molecular flexibility index (Phi) is 5.85. The van der Waals surface area contributed by atoms with E-state index in [0.29, 0.717) is 18.2 Å². The largest absolute Gasteiger partial charge is 0.441 e. The molecule has 8 heteroatoms. The van der Waals surface area contributed by atoms with Gasteiger partial charge in [-0.2, -0.15) is 5.26 Å². The van der Waals surface area contributed by atoms with Crippen molar-refractivity contribution in [2.75, 3.05) is 64.8 Å². The second-order valence-corrected chi connectivity index (χ2v) is 9.10. The molecule has 1 aromatic rings. The third kappa shape index (κ3) is 4.23. The second-order valence-electron chi connectivity index (χ2n) is 9.10. The van der Waals surface area contributed by atoms with E-state index in [9.17, 15) is 10.1 Å². The van der Waals surface area contributed by atoms with Gasteiger partial charge in [-0.3, -0.25) is 4.90 Å². The molecule has 0 radical (unpaired) electrons. The Balaban J connectivity index is 1.32. The van der Waals surface area contributed by atoms with E-state index < -0.39 is 5.60 Å². The summed E-state index contributed by atoms with van der Waals surface area (Å²) in [7, 11) is 4.27. The fourth-order valence-electron chi connectivity index (χ4n) is 4.82. The Labute approximate surface area is 179 Å². The van der Waals surface area contributed by atoms with Gasteiger partial charge in [0.25, 0.3) is 0 Å². The molecule has 162 valence electrons. The van der Waals surface area contributed by atoms with Gasteiger partial charge in [-0.25, -0.2) is 9.78 Å². The number of carbonyl (C=O) groups is 1. The third-order valence-corrected chi connectivity index (χ3v) is 6.81. The van der Waals surface area contributed by atoms with Gasteiger partial charge in [0, 0.05) is 57.3 Å². The molecule has 3 aliphatic heterocycles. The number of amides is 1. The average molecular weight is 413 g/mol. The summed E-state index contributed by atoms with van der Waals surface area (Å²) >= 11 is 0. The molecule has 3 fully saturated rings. The van der Waals surface area contributed by atoms with Crippen LogP contribution in [0.3, 0.4) is 0 Å². The summed E-state index contributed by atoms with van der Waals surface area (Å²) < 4.78 is 5.89. The fourth-order valence-corrected chi connectivity index (χ4v) is 4.82. The average Bonchev–Trinajstić information content (AvgIpc) is 3.32. The van der Waals surface area contributed by atoms with Crippen LogP contribution in [0.5, 0.6) is 0 Å². The maximum Gasteiger partial charge on any atom is 0.410 e. The van der Waals surface area contributed by atoms with Crippen LogP contribution in [0.2, 0.25) is 0 Å². The lowest BCUT2D eigenvalue weighted by Gasteiger charge is -2.38. The van der Waals surface area contributed by atoms with E-state index in [2.05, 4.69) is 39.8 Å². The topological polar surface area (TPSA) is 75.9 Å². The molecule has 1 atom stereocenters. The van der Waals surface area contributed by atoms with E-state index in [-0.39, 0.29) is 6.09 Å². The van der Waals surface area contributed by atoms with Gasteiger partial charge in [0.05, 0.1) is 12.1 Å². The predicted octanol–water partition coefficient (Wildman–Crippen LogP) is 1.69. The van der Waals surface area contributed by atoms with Crippen LogP contribution in [0.1, 0.15) is 30.5 Å². The molecule has 3 aliphatic rings. The van der Waals surface area contributed by atoms with Gasteiger partial charge < -0.3 is 19.4 Å². The van der Waals surface area contributed by atoms with Crippen molar-refractivity contribution in [1.82, 2.24) is 19.7 Å². The van der Waals surface area contributed by atoms with E-state index in [1.807, 2.05) is 24.0 Å². The molecule has 4 rings (SSSR count). The van der Waals surface area contributed by atoms with Crippen LogP contribution in [0.4, 0.5) is 10.6 Å². The first-order chi connectivity index (χ1) is 14.4. The lowest BCUT2D eigenvalue weighted by atomic mass is 9.91. The first-order valence-electron chi connectivity index (χ1n) is 10.9. The minimum absolute atomic E-state index is 0.182. The highest BCUT2D eigenvalue weighted by atomic mass is 16.6. The molecular weight excluding hydrogens is 380 g/mol. The molecule has 0 unspecified atom stereocenters. The number of nitrogens with zero attached hydrogens (tertiary/aromatic N) is 6. The Bertz CT molecular complexity index is 827. The molecule has 0 saturated carbocycles. The smallest absolute Gasteiger partial charge is 0.410 e. The molecule has 0 aliphatic carbocycles. The van der Waals surface area contributed by atoms with Crippen molar-refractivity contribution in [3.05, 3.63) is 23.4 Å². The number of likely N-dealkylation sites (N-methyl/N-ethyl adjacent to an activating group) is 1. The molecule has 1 amide bonds. The van der Waals surface area contributed by atoms with Gasteiger partial charge in [0.15, 0.2) is 0 Å². The van der Waals surface area contributed by atoms with Crippen LogP contribution < -0.4 is 4.90 Å². The van der Waals surface area contributed by atoms with Crippen LogP contribution >= 0.6 is 0 Å². The minimum atomic E-state index is -0.401. The summed E-state index contributed by atoms with van der Waals surface area (Å²) in [5.74, 6) is 0.748. The van der Waals surface area contributed by atoms with Gasteiger partial charge in [0.1, 0.15) is 17.5 Å². The van der Waals surface area contributed by atoms with Crippen molar-refractivity contribution in [2.24, 2.45) is 0 Å². The first kappa shape index (κ1) is 20.9. The predicted molar refractivity (Wildman–Crippen MR) is 114 cm³/mol. The second kappa shape index (κ2) is 8.40. The standard InChI is InChI=1S/C22H32N6O2/c1-17-4-5-18(14-23)20(24-17)27-10-7-22(8-11-27)16-28(21(29)30-22)13-12-26-9-6-19(15-26)25(2)3/h4-5,19H,6-13,15-16H2,1-3H3/t19-/m1/s1. The summed E-state index contributed by atoms with van der Waals surface area (Å²) in [5, 5.41) is 9.41. The molecule has 4 heterocycles. The fraction of sp³-hybridized carbons (Fsp3) is 0.682. The van der Waals surface area contributed by atoms with Gasteiger partial charge in [0.2, 0.25) is 0 Å². The van der Waals surface area contributed by atoms with Crippen LogP contribution in [-0.2, 0) is 4.74 Å². The number of carbonyl (C=O) groups excluding carboxylic acids is 1. The van der Waals surface area contributed by atoms with Crippen molar-refractivity contribution in [3.63, 3.8) is 0 Å². The van der Waals surface area contributed by atoms with Crippen LogP contribution in [-0.4, -0.2) is 97.3 Å². The number of hydrogen-bond donors (Lipinski definition) is 0. The molecule has 1 aromatic heterocycles. The maximum atomic E-state index is 12.5. The zero-order valence-electron chi connectivity index (χ0n) is 18.3. The van der Waals surface area contributed by atoms with Crippen molar-refractivity contribution < 1.29 is 9.53 Å². The lowest BCUT2D eigenvalue weighted by Crippen LogP contribution is -2.47. The quantitative estimate of drug-likeness (QED) is 0.728. The van der Waals surface area contributed by atoms with Crippen molar-refractivity contribution in [2.45, 2.75) is 37.8 Å². The van der Waals surface area contributed by atoms with E-state index in [0.717, 1.165) is 63.6 Å². The summed E-state index contributed by atoms with van der Waals surface area (Å²) in [4.78, 5) is 25.9. The number of aromatic nitrogens is 1. The highest BCUT2D eigenvalue weighted by Crippen LogP contribution is 2.35. The van der Waals surface area contributed by atoms with Crippen LogP contribution in [0, 0.1) is 18.3 Å². The zero-order valence-corrected chi connectivity index (χ0v) is 18.3. The third-order valence-electron chi connectivity index (χ3n) is 6.81. The molecule has 1 spiro atoms. The van der Waals surface area contributed by atoms with Crippen LogP contribution in [0.15, 0.2) is 12.1 Å². The molecular formula is C22H32N6O2. The Morgan fingerprint density at radius 2 is 2.03 bits per heavy atom. The van der Waals surface area contributed by atoms with Crippen molar-refractivity contribution in [3.8, 4) is 6.07 Å². The summed E-state index contributed by atoms with van der Waals surface area (Å²) in [5.41, 5.74) is 1.10. The van der Waals surface area contributed by atoms with Gasteiger partial charge in [-0.05, 0) is 46.1 Å². The Morgan fingerprint density at radius 1 is 1.27 bits per heavy atom. The highest BCUT2D eigenvalue weighted by Gasteiger charge is 2.47. The van der Waals surface area contributed by atoms with Gasteiger partial charge >= 0.3 is 6.09 Å². The molecule has 8 nitrogen and oxygen atoms in total. The molecule has 0 N–H and O–H groups in total. The SMILES string of the molecule is Cc1ccc(C#N)c(N2CCC3(CC2)CN(CCN2CC[C@@H](N(C)C)C2)C(=O)O3)n1. The number of nitriles is 1. The van der Waals surface area contributed by atoms with Gasteiger partial charge in [-0.1, -0.05) is 0 Å². The number of ether oxygens (including phenoxy) is 1. The number of aryl methyl sites for hydroxylation is 1. The van der Waals surface area contributed by atoms with E-state index in [1.165, 1.54) is 6.42 Å². The summed E-state index contributed by atoms with van der Waals surface area (Å²) in [6.07, 6.45) is 2.54. The Hall–Kier alpha value is -2.37. The maximum absolute atomic E-state index is 12.5. The summed E-state index contributed by atoms with van der Waals surface area (Å²) in [6.45, 7) is 7.87. The number of anilines is 1. The normalized spacial score (nSPS) is 24.0. The molecule has 30 heavy (non-hydrogen) atoms. The number of piperidine rings is 1. The minimum Gasteiger partial charge on any atom is -0.441 e. The number of likely N-dealkylation sites (tertiary alicyclic amines) is 1. The van der Waals surface area contributed by atoms with Crippen molar-refractivity contribution in [1.29, 1.82) is 5.26 Å². The number of pyridine rings is 1. The Morgan fingerprint density at radius 3 is 2.70 bits per heavy atom. The number of rotatable bonds is 5. The zero-order chi connectivity index (χ0) is 21.3. The lowest BCUT2D eigenvalue weighted by molar-refractivity contribution is 0.0365. The molecule has 0 bridgehead atoms. The number of hydrogen-bond acceptors (Lipinski definition) is 7. The summed E-state index contributed by atoms with van der Waals surface area (Å²) in [6, 6.07) is 6.55. The molecule has 3 saturated heterocycles.